The van der Waals surface area contributed by atoms with Gasteiger partial charge in [0.2, 0.25) is 11.9 Å². The van der Waals surface area contributed by atoms with E-state index in [9.17, 15) is 0 Å². The molecule has 0 unspecified atom stereocenters. The van der Waals surface area contributed by atoms with E-state index in [1.165, 1.54) is 57.1 Å². The van der Waals surface area contributed by atoms with Crippen LogP contribution in [0.25, 0.3) is 0 Å². The zero-order valence-electron chi connectivity index (χ0n) is 13.5. The van der Waals surface area contributed by atoms with E-state index < -0.39 is 0 Å². The summed E-state index contributed by atoms with van der Waals surface area (Å²) in [5.41, 5.74) is 16.6. The second-order valence-electron chi connectivity index (χ2n) is 5.45. The van der Waals surface area contributed by atoms with E-state index >= 15 is 0 Å². The molecule has 6 nitrogen and oxygen atoms in total. The lowest BCUT2D eigenvalue weighted by molar-refractivity contribution is 0.579. The third-order valence-corrected chi connectivity index (χ3v) is 4.50. The molecule has 0 radical (unpaired) electrons. The second-order valence-corrected chi connectivity index (χ2v) is 6.67. The molecule has 1 aromatic heterocycles. The minimum atomic E-state index is 0.207. The molecule has 1 rings (SSSR count). The number of nitrogen functional groups attached to an aromatic ring is 2. The monoisotopic (exact) mass is 326 g/mol. The Kier molecular flexibility index (Phi) is 10.7. The van der Waals surface area contributed by atoms with Gasteiger partial charge in [-0.25, -0.2) is 0 Å². The number of nitrogens with two attached hydrogens (primary N) is 3. The van der Waals surface area contributed by atoms with Crippen LogP contribution in [0.15, 0.2) is 0 Å². The molecule has 0 atom stereocenters. The van der Waals surface area contributed by atoms with Crippen LogP contribution in [0.1, 0.15) is 57.2 Å². The summed E-state index contributed by atoms with van der Waals surface area (Å²) < 4.78 is 0. The van der Waals surface area contributed by atoms with Crippen LogP contribution in [0.5, 0.6) is 0 Å². The largest absolute Gasteiger partial charge is 0.368 e. The number of aryl methyl sites for hydroxylation is 1. The van der Waals surface area contributed by atoms with Gasteiger partial charge in [-0.05, 0) is 25.1 Å². The Morgan fingerprint density at radius 2 is 1.23 bits per heavy atom. The zero-order valence-corrected chi connectivity index (χ0v) is 14.3. The highest BCUT2D eigenvalue weighted by Gasteiger charge is 2.01. The Bertz CT molecular complexity index is 381. The summed E-state index contributed by atoms with van der Waals surface area (Å²) >= 11 is 1.94. The molecule has 1 aromatic rings. The lowest BCUT2D eigenvalue weighted by atomic mass is 10.1. The van der Waals surface area contributed by atoms with Crippen molar-refractivity contribution in [2.24, 2.45) is 5.73 Å². The summed E-state index contributed by atoms with van der Waals surface area (Å²) in [5.74, 6) is 3.30. The van der Waals surface area contributed by atoms with Gasteiger partial charge in [-0.3, -0.25) is 0 Å². The summed E-state index contributed by atoms with van der Waals surface area (Å²) in [7, 11) is 0. The van der Waals surface area contributed by atoms with E-state index in [-0.39, 0.29) is 11.9 Å². The van der Waals surface area contributed by atoms with Gasteiger partial charge in [0.1, 0.15) is 5.82 Å². The van der Waals surface area contributed by atoms with Crippen molar-refractivity contribution in [3.63, 3.8) is 0 Å². The van der Waals surface area contributed by atoms with Crippen molar-refractivity contribution in [3.8, 4) is 0 Å². The van der Waals surface area contributed by atoms with Gasteiger partial charge in [-0.2, -0.15) is 26.7 Å². The number of hydrogen-bond acceptors (Lipinski definition) is 7. The second kappa shape index (κ2) is 12.5. The van der Waals surface area contributed by atoms with Crippen LogP contribution in [0.4, 0.5) is 11.9 Å². The molecule has 0 amide bonds. The summed E-state index contributed by atoms with van der Waals surface area (Å²) in [6.45, 7) is 0.834. The van der Waals surface area contributed by atoms with Gasteiger partial charge in [0, 0.05) is 12.2 Å². The topological polar surface area (TPSA) is 117 Å². The smallest absolute Gasteiger partial charge is 0.225 e. The molecule has 7 heteroatoms. The summed E-state index contributed by atoms with van der Waals surface area (Å²) in [4.78, 5) is 11.9. The van der Waals surface area contributed by atoms with Gasteiger partial charge < -0.3 is 17.2 Å². The SMILES string of the molecule is NCCCCCCCCCCSCCc1nc(N)nc(N)n1. The van der Waals surface area contributed by atoms with Gasteiger partial charge in [0.15, 0.2) is 0 Å². The van der Waals surface area contributed by atoms with Crippen molar-refractivity contribution in [2.45, 2.75) is 57.8 Å². The summed E-state index contributed by atoms with van der Waals surface area (Å²) in [6, 6.07) is 0. The first-order valence-electron chi connectivity index (χ1n) is 8.26. The fourth-order valence-corrected chi connectivity index (χ4v) is 3.18. The maximum Gasteiger partial charge on any atom is 0.225 e. The third-order valence-electron chi connectivity index (χ3n) is 3.43. The Morgan fingerprint density at radius 1 is 0.682 bits per heavy atom. The first-order valence-corrected chi connectivity index (χ1v) is 9.41. The van der Waals surface area contributed by atoms with Crippen molar-refractivity contribution in [1.82, 2.24) is 15.0 Å². The summed E-state index contributed by atoms with van der Waals surface area (Å²) in [6.07, 6.45) is 11.3. The highest BCUT2D eigenvalue weighted by atomic mass is 32.2. The quantitative estimate of drug-likeness (QED) is 0.476. The van der Waals surface area contributed by atoms with E-state index in [0.717, 1.165) is 18.7 Å². The third kappa shape index (κ3) is 9.78. The predicted octanol–water partition coefficient (Wildman–Crippen LogP) is 2.39. The van der Waals surface area contributed by atoms with Gasteiger partial charge in [-0.1, -0.05) is 38.5 Å². The first kappa shape index (κ1) is 19.0. The molecule has 0 aliphatic carbocycles. The number of anilines is 2. The van der Waals surface area contributed by atoms with E-state index in [2.05, 4.69) is 15.0 Å². The average molecular weight is 327 g/mol. The van der Waals surface area contributed by atoms with Crippen molar-refractivity contribution in [2.75, 3.05) is 29.5 Å². The van der Waals surface area contributed by atoms with Crippen LogP contribution in [0.3, 0.4) is 0 Å². The fourth-order valence-electron chi connectivity index (χ4n) is 2.24. The van der Waals surface area contributed by atoms with E-state index in [0.29, 0.717) is 5.82 Å². The normalized spacial score (nSPS) is 11.0. The van der Waals surface area contributed by atoms with E-state index in [1.807, 2.05) is 11.8 Å². The average Bonchev–Trinajstić information content (AvgIpc) is 2.47. The molecule has 0 aromatic carbocycles. The number of hydrogen-bond donors (Lipinski definition) is 3. The standard InChI is InChI=1S/C15H30N6S/c16-10-7-5-3-1-2-4-6-8-11-22-12-9-13-19-14(17)21-15(18)20-13/h1-12,16H2,(H4,17,18,19,20,21). The maximum atomic E-state index is 5.54. The first-order chi connectivity index (χ1) is 10.7. The minimum absolute atomic E-state index is 0.207. The Hall–Kier alpha value is -1.08. The molecule has 0 aliphatic rings. The van der Waals surface area contributed by atoms with Crippen molar-refractivity contribution < 1.29 is 0 Å². The molecule has 6 N–H and O–H groups in total. The zero-order chi connectivity index (χ0) is 16.0. The van der Waals surface area contributed by atoms with Crippen molar-refractivity contribution in [1.29, 1.82) is 0 Å². The lowest BCUT2D eigenvalue weighted by Gasteiger charge is -2.03. The Morgan fingerprint density at radius 3 is 1.82 bits per heavy atom. The molecule has 22 heavy (non-hydrogen) atoms. The molecular formula is C15H30N6S. The van der Waals surface area contributed by atoms with Crippen LogP contribution in [0, 0.1) is 0 Å². The molecule has 0 fully saturated rings. The van der Waals surface area contributed by atoms with E-state index in [1.54, 1.807) is 0 Å². The van der Waals surface area contributed by atoms with E-state index in [4.69, 9.17) is 17.2 Å². The molecule has 0 aliphatic heterocycles. The lowest BCUT2D eigenvalue weighted by Crippen LogP contribution is -2.07. The molecule has 0 spiro atoms. The van der Waals surface area contributed by atoms with Crippen LogP contribution < -0.4 is 17.2 Å². The van der Waals surface area contributed by atoms with Crippen LogP contribution >= 0.6 is 11.8 Å². The fraction of sp³-hybridized carbons (Fsp3) is 0.800. The van der Waals surface area contributed by atoms with Gasteiger partial charge in [0.25, 0.3) is 0 Å². The number of nitrogens with zero attached hydrogens (tertiary/aromatic N) is 3. The molecular weight excluding hydrogens is 296 g/mol. The molecule has 0 saturated carbocycles. The van der Waals surface area contributed by atoms with Crippen LogP contribution in [-0.2, 0) is 6.42 Å². The van der Waals surface area contributed by atoms with Crippen LogP contribution in [-0.4, -0.2) is 33.0 Å². The number of thioether (sulfide) groups is 1. The molecule has 126 valence electrons. The highest BCUT2D eigenvalue weighted by molar-refractivity contribution is 7.99. The number of aromatic nitrogens is 3. The Balaban J connectivity index is 1.89. The molecule has 0 bridgehead atoms. The minimum Gasteiger partial charge on any atom is -0.368 e. The van der Waals surface area contributed by atoms with Crippen molar-refractivity contribution >= 4 is 23.7 Å². The number of rotatable bonds is 13. The van der Waals surface area contributed by atoms with Gasteiger partial charge in [-0.15, -0.1) is 0 Å². The van der Waals surface area contributed by atoms with Crippen molar-refractivity contribution in [3.05, 3.63) is 5.82 Å². The van der Waals surface area contributed by atoms with Gasteiger partial charge >= 0.3 is 0 Å². The van der Waals surface area contributed by atoms with Gasteiger partial charge in [0.05, 0.1) is 0 Å². The predicted molar refractivity (Wildman–Crippen MR) is 95.7 cm³/mol. The molecule has 1 heterocycles. The highest BCUT2D eigenvalue weighted by Crippen LogP contribution is 2.12. The summed E-state index contributed by atoms with van der Waals surface area (Å²) in [5, 5.41) is 0. The van der Waals surface area contributed by atoms with Crippen LogP contribution in [0.2, 0.25) is 0 Å². The Labute approximate surface area is 138 Å². The molecule has 0 saturated heterocycles. The maximum absolute atomic E-state index is 5.54. The number of unbranched alkanes of at least 4 members (excludes halogenated alkanes) is 7.